The molecule has 0 aliphatic rings. The standard InChI is InChI=1S/C4H3S.Ti/c1-2-4-5-3-1;/h1-3H;. The normalized spacial score (nSPS) is 8.50. The van der Waals surface area contributed by atoms with Crippen LogP contribution in [0, 0.1) is 0 Å². The fourth-order valence-electron chi connectivity index (χ4n) is 0.279. The molecule has 0 aliphatic heterocycles. The summed E-state index contributed by atoms with van der Waals surface area (Å²) >= 11 is 3.88. The Morgan fingerprint density at radius 1 is 1.67 bits per heavy atom. The van der Waals surface area contributed by atoms with Gasteiger partial charge >= 0.3 is 52.5 Å². The van der Waals surface area contributed by atoms with E-state index in [-0.39, 0.29) is 0 Å². The summed E-state index contributed by atoms with van der Waals surface area (Å²) in [6.07, 6.45) is 0. The van der Waals surface area contributed by atoms with Crippen molar-refractivity contribution >= 4 is 14.5 Å². The molecule has 29 valence electrons. The van der Waals surface area contributed by atoms with E-state index in [9.17, 15) is 0 Å². The van der Waals surface area contributed by atoms with E-state index < -0.39 is 0 Å². The second kappa shape index (κ2) is 1.92. The topological polar surface area (TPSA) is 0 Å². The Balaban J connectivity index is 3.05. The van der Waals surface area contributed by atoms with Crippen molar-refractivity contribution in [1.29, 1.82) is 0 Å². The van der Waals surface area contributed by atoms with Crippen LogP contribution in [0.4, 0.5) is 0 Å². The molecule has 0 unspecified atom stereocenters. The monoisotopic (exact) mass is 131 g/mol. The molecular weight excluding hydrogens is 128 g/mol. The summed E-state index contributed by atoms with van der Waals surface area (Å²) in [5.41, 5.74) is 0. The summed E-state index contributed by atoms with van der Waals surface area (Å²) in [6, 6.07) is 4.16. The Bertz CT molecular complexity index is 111. The Morgan fingerprint density at radius 2 is 2.50 bits per heavy atom. The third kappa shape index (κ3) is 0.936. The van der Waals surface area contributed by atoms with E-state index in [1.165, 1.54) is 3.18 Å². The van der Waals surface area contributed by atoms with Gasteiger partial charge in [-0.3, -0.25) is 0 Å². The van der Waals surface area contributed by atoms with Gasteiger partial charge in [-0.25, -0.2) is 0 Å². The molecule has 0 nitrogen and oxygen atoms in total. The molecule has 1 heterocycles. The first-order valence-electron chi connectivity index (χ1n) is 1.65. The third-order valence-corrected chi connectivity index (χ3v) is 2.02. The number of thiophene rings is 1. The summed E-state index contributed by atoms with van der Waals surface area (Å²) < 4.78 is 1.38. The molecule has 1 aromatic rings. The van der Waals surface area contributed by atoms with Crippen molar-refractivity contribution in [3.8, 4) is 0 Å². The Labute approximate surface area is 52.6 Å². The van der Waals surface area contributed by atoms with Crippen molar-refractivity contribution in [2.75, 3.05) is 0 Å². The van der Waals surface area contributed by atoms with E-state index >= 15 is 0 Å². The van der Waals surface area contributed by atoms with Gasteiger partial charge in [-0.15, -0.1) is 0 Å². The Morgan fingerprint density at radius 3 is 2.67 bits per heavy atom. The zero-order chi connectivity index (χ0) is 4.41. The fourth-order valence-corrected chi connectivity index (χ4v) is 1.21. The molecule has 0 saturated carbocycles. The minimum atomic E-state index is 1.38. The molecule has 0 aliphatic carbocycles. The van der Waals surface area contributed by atoms with E-state index in [0.717, 1.165) is 0 Å². The zero-order valence-electron chi connectivity index (χ0n) is 3.14. The maximum absolute atomic E-state index is 2.10. The molecule has 0 aromatic carbocycles. The predicted molar refractivity (Wildman–Crippen MR) is 24.0 cm³/mol. The molecule has 0 bridgehead atoms. The van der Waals surface area contributed by atoms with Crippen molar-refractivity contribution in [2.45, 2.75) is 0 Å². The third-order valence-electron chi connectivity index (χ3n) is 0.521. The number of hydrogen-bond acceptors (Lipinski definition) is 1. The fraction of sp³-hybridized carbons (Fsp3) is 0. The van der Waals surface area contributed by atoms with E-state index in [4.69, 9.17) is 0 Å². The molecule has 2 heteroatoms. The van der Waals surface area contributed by atoms with Gasteiger partial charge in [-0.05, 0) is 0 Å². The van der Waals surface area contributed by atoms with E-state index in [0.29, 0.717) is 0 Å². The first-order valence-corrected chi connectivity index (χ1v) is 3.31. The van der Waals surface area contributed by atoms with Crippen LogP contribution in [0.5, 0.6) is 0 Å². The first-order chi connectivity index (χ1) is 2.89. The van der Waals surface area contributed by atoms with Gasteiger partial charge in [-0.2, -0.15) is 0 Å². The van der Waals surface area contributed by atoms with Crippen LogP contribution in [0.15, 0.2) is 17.5 Å². The Hall–Kier alpha value is 0.414. The first kappa shape index (κ1) is 4.57. The summed E-state index contributed by atoms with van der Waals surface area (Å²) in [6.45, 7) is 0. The summed E-state index contributed by atoms with van der Waals surface area (Å²) in [5.74, 6) is 0. The van der Waals surface area contributed by atoms with Crippen LogP contribution in [0.1, 0.15) is 0 Å². The molecule has 0 amide bonds. The average molecular weight is 131 g/mol. The average Bonchev–Trinajstić information content (AvgIpc) is 1.86. The van der Waals surface area contributed by atoms with Crippen LogP contribution < -0.4 is 3.18 Å². The maximum atomic E-state index is 2.10. The van der Waals surface area contributed by atoms with Crippen molar-refractivity contribution in [2.24, 2.45) is 0 Å². The van der Waals surface area contributed by atoms with Crippen molar-refractivity contribution in [1.82, 2.24) is 0 Å². The van der Waals surface area contributed by atoms with Gasteiger partial charge in [0.05, 0.1) is 0 Å². The second-order valence-corrected chi connectivity index (χ2v) is 3.33. The molecular formula is C4H3STi. The number of rotatable bonds is 0. The van der Waals surface area contributed by atoms with Crippen LogP contribution >= 0.6 is 11.3 Å². The molecule has 0 fully saturated rings. The van der Waals surface area contributed by atoms with Gasteiger partial charge in [-0.1, -0.05) is 0 Å². The molecule has 6 heavy (non-hydrogen) atoms. The summed E-state index contributed by atoms with van der Waals surface area (Å²) in [5, 5.41) is 2.08. The van der Waals surface area contributed by atoms with Gasteiger partial charge in [0.25, 0.3) is 0 Å². The van der Waals surface area contributed by atoms with E-state index in [1.54, 1.807) is 11.3 Å². The van der Waals surface area contributed by atoms with Crippen molar-refractivity contribution in [3.05, 3.63) is 17.5 Å². The van der Waals surface area contributed by atoms with Crippen LogP contribution in [-0.2, 0) is 20.4 Å². The van der Waals surface area contributed by atoms with Crippen molar-refractivity contribution in [3.63, 3.8) is 0 Å². The van der Waals surface area contributed by atoms with Crippen LogP contribution in [0.25, 0.3) is 0 Å². The van der Waals surface area contributed by atoms with Gasteiger partial charge < -0.3 is 0 Å². The Kier molecular flexibility index (Phi) is 1.46. The number of hydrogen-bond donors (Lipinski definition) is 0. The van der Waals surface area contributed by atoms with E-state index in [2.05, 4.69) is 37.9 Å². The quantitative estimate of drug-likeness (QED) is 0.459. The van der Waals surface area contributed by atoms with Crippen molar-refractivity contribution < 1.29 is 20.4 Å². The van der Waals surface area contributed by atoms with Gasteiger partial charge in [0.2, 0.25) is 0 Å². The second-order valence-electron chi connectivity index (χ2n) is 0.977. The summed E-state index contributed by atoms with van der Waals surface area (Å²) in [4.78, 5) is 0. The molecule has 0 spiro atoms. The van der Waals surface area contributed by atoms with Crippen LogP contribution in [0.3, 0.4) is 0 Å². The van der Waals surface area contributed by atoms with E-state index in [1.807, 2.05) is 0 Å². The molecule has 1 aromatic heterocycles. The molecule has 0 N–H and O–H groups in total. The predicted octanol–water partition coefficient (Wildman–Crippen LogP) is 0.920. The minimum absolute atomic E-state index is 1.38. The molecule has 0 saturated heterocycles. The van der Waals surface area contributed by atoms with Gasteiger partial charge in [0.1, 0.15) is 0 Å². The molecule has 0 atom stereocenters. The van der Waals surface area contributed by atoms with Gasteiger partial charge in [0.15, 0.2) is 0 Å². The van der Waals surface area contributed by atoms with Crippen LogP contribution in [0.2, 0.25) is 0 Å². The molecule has 0 radical (unpaired) electrons. The SMILES string of the molecule is [Ti][c]1cccs1. The molecule has 1 rings (SSSR count). The van der Waals surface area contributed by atoms with Crippen LogP contribution in [-0.4, -0.2) is 0 Å². The summed E-state index contributed by atoms with van der Waals surface area (Å²) in [7, 11) is 0. The zero-order valence-corrected chi connectivity index (χ0v) is 5.52. The van der Waals surface area contributed by atoms with Gasteiger partial charge in [0, 0.05) is 0 Å².